The second-order valence-corrected chi connectivity index (χ2v) is 17.5. The van der Waals surface area contributed by atoms with Gasteiger partial charge in [0.05, 0.1) is 30.6 Å². The van der Waals surface area contributed by atoms with Crippen LogP contribution in [0.2, 0.25) is 0 Å². The van der Waals surface area contributed by atoms with Crippen LogP contribution < -0.4 is 37.3 Å². The van der Waals surface area contributed by atoms with Crippen molar-refractivity contribution in [2.45, 2.75) is 142 Å². The standard InChI is InChI=1S/C45H64N10O16/c1-8-17-55(44(70)27-13-11-26(21-46)12-14-27)53-41(67)31-10-9-18-54(31)45(71)36(23(4)5)51-42(68)35(22(2)3)50-40(66)30(20-34(62)63)49-38(64)28(15-16-32(58)59)48-43(69)37(24(6)56)52-39(65)29(19-33(60)61)47-25(7)57/h11-14,22-24,28-31,35-37,56H,8-10,15-20H2,1-7H3,(H,47,57)(H,48,69)(H,49,64)(H,50,66)(H,51,68)(H,52,65)(H,53,67)(H,58,59)(H,60,61)(H,62,63)/t24-,28+,29+,30+,31-,35+,36+,37+/m1/s1. The van der Waals surface area contributed by atoms with Gasteiger partial charge in [0.15, 0.2) is 0 Å². The summed E-state index contributed by atoms with van der Waals surface area (Å²) in [4.78, 5) is 157. The minimum absolute atomic E-state index is 0.113. The van der Waals surface area contributed by atoms with Gasteiger partial charge in [0.1, 0.15) is 42.3 Å². The largest absolute Gasteiger partial charge is 0.481 e. The highest BCUT2D eigenvalue weighted by molar-refractivity contribution is 6.00. The third kappa shape index (κ3) is 18.6. The molecule has 1 fully saturated rings. The summed E-state index contributed by atoms with van der Waals surface area (Å²) < 4.78 is 0. The number of aliphatic hydroxyl groups excluding tert-OH is 1. The number of carboxylic acids is 3. The first-order chi connectivity index (χ1) is 33.2. The highest BCUT2D eigenvalue weighted by atomic mass is 16.4. The zero-order valence-corrected chi connectivity index (χ0v) is 40.5. The summed E-state index contributed by atoms with van der Waals surface area (Å²) in [5.74, 6) is -14.6. The zero-order chi connectivity index (χ0) is 53.9. The van der Waals surface area contributed by atoms with E-state index >= 15 is 0 Å². The number of nitrogens with one attached hydrogen (secondary N) is 7. The second kappa shape index (κ2) is 28.1. The number of nitriles is 1. The molecule has 9 amide bonds. The number of benzene rings is 1. The molecule has 0 bridgehead atoms. The van der Waals surface area contributed by atoms with Crippen molar-refractivity contribution in [1.82, 2.24) is 47.2 Å². The molecule has 390 valence electrons. The Morgan fingerprint density at radius 3 is 1.66 bits per heavy atom. The Labute approximate surface area is 409 Å². The fourth-order valence-corrected chi connectivity index (χ4v) is 7.25. The van der Waals surface area contributed by atoms with Crippen molar-refractivity contribution < 1.29 is 78.0 Å². The van der Waals surface area contributed by atoms with Crippen molar-refractivity contribution in [3.05, 3.63) is 35.4 Å². The topological polar surface area (TPSA) is 400 Å². The normalized spacial score (nSPS) is 16.0. The molecule has 1 saturated heterocycles. The molecule has 71 heavy (non-hydrogen) atoms. The lowest BCUT2D eigenvalue weighted by Gasteiger charge is -2.33. The van der Waals surface area contributed by atoms with E-state index in [9.17, 15) is 78.0 Å². The first-order valence-corrected chi connectivity index (χ1v) is 22.8. The third-order valence-electron chi connectivity index (χ3n) is 10.9. The molecule has 0 radical (unpaired) electrons. The average Bonchev–Trinajstić information content (AvgIpc) is 3.79. The van der Waals surface area contributed by atoms with Gasteiger partial charge in [0, 0.05) is 32.0 Å². The number of hydrogen-bond acceptors (Lipinski definition) is 14. The first kappa shape index (κ1) is 59.4. The minimum Gasteiger partial charge on any atom is -0.481 e. The van der Waals surface area contributed by atoms with E-state index < -0.39 is 157 Å². The third-order valence-corrected chi connectivity index (χ3v) is 10.9. The number of hydrogen-bond donors (Lipinski definition) is 11. The molecule has 1 aliphatic rings. The molecule has 26 nitrogen and oxygen atoms in total. The van der Waals surface area contributed by atoms with Gasteiger partial charge in [0.25, 0.3) is 11.8 Å². The van der Waals surface area contributed by atoms with Gasteiger partial charge < -0.3 is 57.2 Å². The van der Waals surface area contributed by atoms with Gasteiger partial charge in [-0.2, -0.15) is 5.26 Å². The smallest absolute Gasteiger partial charge is 0.305 e. The van der Waals surface area contributed by atoms with Gasteiger partial charge in [-0.15, -0.1) is 0 Å². The van der Waals surface area contributed by atoms with Crippen molar-refractivity contribution >= 4 is 71.1 Å². The number of nitrogens with zero attached hydrogens (tertiary/aromatic N) is 3. The number of likely N-dealkylation sites (tertiary alicyclic amines) is 1. The molecule has 0 aromatic heterocycles. The van der Waals surface area contributed by atoms with E-state index in [1.807, 2.05) is 6.07 Å². The monoisotopic (exact) mass is 1000 g/mol. The Morgan fingerprint density at radius 2 is 1.18 bits per heavy atom. The van der Waals surface area contributed by atoms with Gasteiger partial charge in [-0.05, 0) is 68.7 Å². The van der Waals surface area contributed by atoms with Crippen LogP contribution in [-0.2, 0) is 52.7 Å². The van der Waals surface area contributed by atoms with E-state index in [1.54, 1.807) is 20.8 Å². The van der Waals surface area contributed by atoms with E-state index in [0.29, 0.717) is 18.4 Å². The summed E-state index contributed by atoms with van der Waals surface area (Å²) in [7, 11) is 0. The molecular weight excluding hydrogens is 937 g/mol. The number of carbonyl (C=O) groups excluding carboxylic acids is 9. The molecular formula is C45H64N10O16. The maximum atomic E-state index is 14.2. The van der Waals surface area contributed by atoms with E-state index in [-0.39, 0.29) is 25.1 Å². The summed E-state index contributed by atoms with van der Waals surface area (Å²) in [5, 5.41) is 62.3. The van der Waals surface area contributed by atoms with E-state index in [2.05, 4.69) is 37.3 Å². The zero-order valence-electron chi connectivity index (χ0n) is 40.5. The van der Waals surface area contributed by atoms with Crippen LogP contribution in [0.3, 0.4) is 0 Å². The number of aliphatic hydroxyl groups is 1. The van der Waals surface area contributed by atoms with Crippen molar-refractivity contribution in [1.29, 1.82) is 5.26 Å². The fourth-order valence-electron chi connectivity index (χ4n) is 7.25. The number of aliphatic carboxylic acids is 3. The van der Waals surface area contributed by atoms with Crippen molar-refractivity contribution in [2.24, 2.45) is 11.8 Å². The number of carboxylic acid groups (broad SMARTS) is 3. The predicted octanol–water partition coefficient (Wildman–Crippen LogP) is -2.13. The molecule has 2 rings (SSSR count). The maximum absolute atomic E-state index is 14.2. The molecule has 0 aliphatic carbocycles. The molecule has 8 atom stereocenters. The second-order valence-electron chi connectivity index (χ2n) is 17.5. The van der Waals surface area contributed by atoms with Crippen LogP contribution in [0.4, 0.5) is 0 Å². The molecule has 11 N–H and O–H groups in total. The average molecular weight is 1000 g/mol. The highest BCUT2D eigenvalue weighted by Gasteiger charge is 2.41. The summed E-state index contributed by atoms with van der Waals surface area (Å²) in [6.45, 7) is 10.3. The fraction of sp³-hybridized carbons (Fsp3) is 0.578. The van der Waals surface area contributed by atoms with Crippen LogP contribution in [0, 0.1) is 23.2 Å². The van der Waals surface area contributed by atoms with Gasteiger partial charge in [-0.3, -0.25) is 63.0 Å². The maximum Gasteiger partial charge on any atom is 0.305 e. The van der Waals surface area contributed by atoms with Gasteiger partial charge in [0.2, 0.25) is 41.4 Å². The minimum atomic E-state index is -1.98. The number of rotatable bonds is 26. The quantitative estimate of drug-likeness (QED) is 0.0442. The van der Waals surface area contributed by atoms with Gasteiger partial charge in [-0.25, -0.2) is 5.01 Å². The SMILES string of the molecule is CCCN(NC(=O)[C@H]1CCCN1C(=O)[C@@H](NC(=O)[C@@H](NC(=O)[C@H](CC(=O)O)NC(=O)[C@H](CCC(=O)O)NC(=O)[C@@H](NC(=O)[C@H](CC(=O)O)NC(C)=O)[C@@H](C)O)C(C)C)C(C)C)C(=O)c1ccc(C#N)cc1. The lowest BCUT2D eigenvalue weighted by molar-refractivity contribution is -0.144. The molecule has 26 heteroatoms. The summed E-state index contributed by atoms with van der Waals surface area (Å²) in [6, 6.07) is -3.56. The van der Waals surface area contributed by atoms with Crippen LogP contribution in [-0.4, -0.2) is 163 Å². The summed E-state index contributed by atoms with van der Waals surface area (Å²) in [6.07, 6.45) is -4.17. The Bertz CT molecular complexity index is 2180. The number of amides is 9. The first-order valence-electron chi connectivity index (χ1n) is 22.8. The van der Waals surface area contributed by atoms with E-state index in [1.165, 1.54) is 43.0 Å². The Morgan fingerprint density at radius 1 is 0.690 bits per heavy atom. The van der Waals surface area contributed by atoms with Crippen LogP contribution in [0.1, 0.15) is 109 Å². The van der Waals surface area contributed by atoms with Gasteiger partial charge >= 0.3 is 17.9 Å². The summed E-state index contributed by atoms with van der Waals surface area (Å²) in [5.41, 5.74) is 3.14. The van der Waals surface area contributed by atoms with Crippen LogP contribution in [0.25, 0.3) is 0 Å². The molecule has 0 saturated carbocycles. The highest BCUT2D eigenvalue weighted by Crippen LogP contribution is 2.22. The van der Waals surface area contributed by atoms with Crippen molar-refractivity contribution in [3.63, 3.8) is 0 Å². The van der Waals surface area contributed by atoms with Gasteiger partial charge in [-0.1, -0.05) is 34.6 Å². The predicted molar refractivity (Wildman–Crippen MR) is 245 cm³/mol. The Balaban J connectivity index is 2.32. The Hall–Kier alpha value is -7.69. The molecule has 0 spiro atoms. The molecule has 0 unspecified atom stereocenters. The van der Waals surface area contributed by atoms with Crippen LogP contribution in [0.15, 0.2) is 24.3 Å². The van der Waals surface area contributed by atoms with Crippen molar-refractivity contribution in [2.75, 3.05) is 13.1 Å². The molecule has 1 aromatic carbocycles. The number of carbonyl (C=O) groups is 12. The molecule has 1 aromatic rings. The lowest BCUT2D eigenvalue weighted by Crippen LogP contribution is -2.62. The lowest BCUT2D eigenvalue weighted by atomic mass is 9.98. The van der Waals surface area contributed by atoms with Crippen molar-refractivity contribution in [3.8, 4) is 6.07 Å². The van der Waals surface area contributed by atoms with E-state index in [4.69, 9.17) is 5.26 Å². The van der Waals surface area contributed by atoms with Crippen LogP contribution >= 0.6 is 0 Å². The Kier molecular flexibility index (Phi) is 23.5. The van der Waals surface area contributed by atoms with Crippen LogP contribution in [0.5, 0.6) is 0 Å². The van der Waals surface area contributed by atoms with E-state index in [0.717, 1.165) is 18.9 Å². The number of hydrazine groups is 1. The summed E-state index contributed by atoms with van der Waals surface area (Å²) >= 11 is 0. The molecule has 1 heterocycles. The molecule has 1 aliphatic heterocycles.